The molecule has 1 aliphatic rings. The molecule has 1 fully saturated rings. The summed E-state index contributed by atoms with van der Waals surface area (Å²) < 4.78 is 0. The average molecular weight is 161 g/mol. The van der Waals surface area contributed by atoms with Gasteiger partial charge in [0.1, 0.15) is 0 Å². The van der Waals surface area contributed by atoms with Gasteiger partial charge in [-0.25, -0.2) is 0 Å². The van der Waals surface area contributed by atoms with Crippen LogP contribution in [0.15, 0.2) is 0 Å². The lowest BCUT2D eigenvalue weighted by molar-refractivity contribution is 0.286. The topological polar surface area (TPSA) is 0 Å². The van der Waals surface area contributed by atoms with E-state index < -0.39 is 0 Å². The summed E-state index contributed by atoms with van der Waals surface area (Å²) in [6.45, 7) is 4.58. The van der Waals surface area contributed by atoms with Gasteiger partial charge in [0, 0.05) is 5.88 Å². The molecule has 0 N–H and O–H groups in total. The van der Waals surface area contributed by atoms with Crippen molar-refractivity contribution in [3.05, 3.63) is 0 Å². The van der Waals surface area contributed by atoms with E-state index >= 15 is 0 Å². The molecule has 1 saturated carbocycles. The predicted octanol–water partition coefficient (Wildman–Crippen LogP) is 3.44. The Morgan fingerprint density at radius 3 is 2.40 bits per heavy atom. The summed E-state index contributed by atoms with van der Waals surface area (Å²) in [5.74, 6) is 1.80. The minimum absolute atomic E-state index is 0.469. The fourth-order valence-corrected chi connectivity index (χ4v) is 2.08. The van der Waals surface area contributed by atoms with Crippen molar-refractivity contribution in [3.63, 3.8) is 0 Å². The van der Waals surface area contributed by atoms with Gasteiger partial charge in [-0.1, -0.05) is 20.3 Å². The quantitative estimate of drug-likeness (QED) is 0.553. The summed E-state index contributed by atoms with van der Waals surface area (Å²) in [6.07, 6.45) is 5.42. The third kappa shape index (κ3) is 1.66. The van der Waals surface area contributed by atoms with Crippen LogP contribution in [0.4, 0.5) is 0 Å². The van der Waals surface area contributed by atoms with Crippen LogP contribution in [-0.4, -0.2) is 5.88 Å². The van der Waals surface area contributed by atoms with E-state index in [2.05, 4.69) is 13.8 Å². The van der Waals surface area contributed by atoms with Crippen LogP contribution in [0.25, 0.3) is 0 Å². The van der Waals surface area contributed by atoms with Crippen LogP contribution < -0.4 is 0 Å². The lowest BCUT2D eigenvalue weighted by Crippen LogP contribution is -2.20. The molecule has 0 nitrogen and oxygen atoms in total. The van der Waals surface area contributed by atoms with Crippen LogP contribution in [0.2, 0.25) is 0 Å². The molecule has 0 bridgehead atoms. The van der Waals surface area contributed by atoms with E-state index in [-0.39, 0.29) is 0 Å². The summed E-state index contributed by atoms with van der Waals surface area (Å²) in [7, 11) is 0. The smallest absolute Gasteiger partial charge is 0.0280 e. The molecule has 60 valence electrons. The van der Waals surface area contributed by atoms with E-state index in [9.17, 15) is 0 Å². The molecule has 0 radical (unpaired) electrons. The molecule has 0 amide bonds. The van der Waals surface area contributed by atoms with Crippen LogP contribution in [0.5, 0.6) is 0 Å². The average Bonchev–Trinajstić information content (AvgIpc) is 2.69. The van der Waals surface area contributed by atoms with Gasteiger partial charge in [0.05, 0.1) is 0 Å². The third-order valence-corrected chi connectivity index (χ3v) is 3.30. The highest BCUT2D eigenvalue weighted by molar-refractivity contribution is 6.18. The van der Waals surface area contributed by atoms with Crippen LogP contribution in [-0.2, 0) is 0 Å². The Kier molecular flexibility index (Phi) is 2.62. The molecule has 0 aliphatic heterocycles. The third-order valence-electron chi connectivity index (χ3n) is 2.69. The fourth-order valence-electron chi connectivity index (χ4n) is 1.73. The van der Waals surface area contributed by atoms with Crippen molar-refractivity contribution in [2.45, 2.75) is 39.5 Å². The van der Waals surface area contributed by atoms with Gasteiger partial charge in [0.15, 0.2) is 0 Å². The molecular formula is C9H17Cl. The molecule has 0 aromatic rings. The molecule has 0 spiro atoms. The first-order valence-electron chi connectivity index (χ1n) is 4.29. The maximum absolute atomic E-state index is 5.92. The molecule has 1 heteroatoms. The van der Waals surface area contributed by atoms with Gasteiger partial charge in [0.25, 0.3) is 0 Å². The number of hydrogen-bond acceptors (Lipinski definition) is 0. The van der Waals surface area contributed by atoms with Crippen molar-refractivity contribution >= 4 is 11.6 Å². The number of halogens is 1. The van der Waals surface area contributed by atoms with Crippen LogP contribution in [0.3, 0.4) is 0 Å². The highest BCUT2D eigenvalue weighted by Gasteiger charge is 2.39. The van der Waals surface area contributed by atoms with E-state index in [0.29, 0.717) is 5.41 Å². The highest BCUT2D eigenvalue weighted by atomic mass is 35.5. The Bertz CT molecular complexity index is 107. The number of hydrogen-bond donors (Lipinski definition) is 0. The monoisotopic (exact) mass is 160 g/mol. The summed E-state index contributed by atoms with van der Waals surface area (Å²) in [6, 6.07) is 0. The zero-order valence-electron chi connectivity index (χ0n) is 6.99. The molecule has 1 unspecified atom stereocenters. The lowest BCUT2D eigenvalue weighted by Gasteiger charge is -2.26. The number of rotatable bonds is 4. The summed E-state index contributed by atoms with van der Waals surface area (Å²) in [4.78, 5) is 0. The first kappa shape index (κ1) is 8.39. The van der Waals surface area contributed by atoms with Crippen LogP contribution in [0.1, 0.15) is 39.5 Å². The zero-order valence-corrected chi connectivity index (χ0v) is 7.75. The van der Waals surface area contributed by atoms with Crippen molar-refractivity contribution < 1.29 is 0 Å². The fraction of sp³-hybridized carbons (Fsp3) is 1.00. The largest absolute Gasteiger partial charge is 0.126 e. The van der Waals surface area contributed by atoms with E-state index in [0.717, 1.165) is 11.8 Å². The minimum Gasteiger partial charge on any atom is -0.126 e. The standard InChI is InChI=1S/C9H17Cl/c1-3-6-9(2,7-10)8-4-5-8/h8H,3-7H2,1-2H3. The Hall–Kier alpha value is 0.290. The zero-order chi connectivity index (χ0) is 7.61. The Labute approximate surface area is 69.0 Å². The molecule has 1 atom stereocenters. The second kappa shape index (κ2) is 3.13. The minimum atomic E-state index is 0.469. The molecular weight excluding hydrogens is 144 g/mol. The Morgan fingerprint density at radius 1 is 1.50 bits per heavy atom. The summed E-state index contributed by atoms with van der Waals surface area (Å²) in [5.41, 5.74) is 0.469. The summed E-state index contributed by atoms with van der Waals surface area (Å²) in [5, 5.41) is 0. The second-order valence-corrected chi connectivity index (χ2v) is 4.08. The van der Waals surface area contributed by atoms with Gasteiger partial charge >= 0.3 is 0 Å². The maximum atomic E-state index is 5.92. The van der Waals surface area contributed by atoms with Crippen molar-refractivity contribution in [2.75, 3.05) is 5.88 Å². The van der Waals surface area contributed by atoms with Gasteiger partial charge in [-0.05, 0) is 30.6 Å². The Balaban J connectivity index is 2.39. The van der Waals surface area contributed by atoms with Crippen LogP contribution in [0, 0.1) is 11.3 Å². The molecule has 0 aromatic heterocycles. The molecule has 1 rings (SSSR count). The van der Waals surface area contributed by atoms with Gasteiger partial charge in [-0.2, -0.15) is 0 Å². The van der Waals surface area contributed by atoms with Crippen molar-refractivity contribution in [3.8, 4) is 0 Å². The molecule has 1 aliphatic carbocycles. The van der Waals surface area contributed by atoms with E-state index in [1.165, 1.54) is 25.7 Å². The molecule has 0 saturated heterocycles. The van der Waals surface area contributed by atoms with Gasteiger partial charge in [-0.15, -0.1) is 11.6 Å². The van der Waals surface area contributed by atoms with E-state index in [1.807, 2.05) is 0 Å². The highest BCUT2D eigenvalue weighted by Crippen LogP contribution is 2.48. The normalized spacial score (nSPS) is 24.3. The Morgan fingerprint density at radius 2 is 2.10 bits per heavy atom. The SMILES string of the molecule is CCCC(C)(CCl)C1CC1. The van der Waals surface area contributed by atoms with Crippen molar-refractivity contribution in [1.29, 1.82) is 0 Å². The van der Waals surface area contributed by atoms with Crippen molar-refractivity contribution in [1.82, 2.24) is 0 Å². The first-order chi connectivity index (χ1) is 4.73. The van der Waals surface area contributed by atoms with Gasteiger partial charge in [-0.3, -0.25) is 0 Å². The van der Waals surface area contributed by atoms with E-state index in [4.69, 9.17) is 11.6 Å². The summed E-state index contributed by atoms with van der Waals surface area (Å²) >= 11 is 5.92. The van der Waals surface area contributed by atoms with Crippen LogP contribution >= 0.6 is 11.6 Å². The van der Waals surface area contributed by atoms with Gasteiger partial charge in [0.2, 0.25) is 0 Å². The maximum Gasteiger partial charge on any atom is 0.0280 e. The lowest BCUT2D eigenvalue weighted by atomic mass is 9.83. The van der Waals surface area contributed by atoms with Crippen molar-refractivity contribution in [2.24, 2.45) is 11.3 Å². The molecule has 0 aromatic carbocycles. The second-order valence-electron chi connectivity index (χ2n) is 3.81. The van der Waals surface area contributed by atoms with Gasteiger partial charge < -0.3 is 0 Å². The molecule has 10 heavy (non-hydrogen) atoms. The molecule has 0 heterocycles. The first-order valence-corrected chi connectivity index (χ1v) is 4.82. The number of alkyl halides is 1. The van der Waals surface area contributed by atoms with E-state index in [1.54, 1.807) is 0 Å². The predicted molar refractivity (Wildman–Crippen MR) is 46.5 cm³/mol.